The molecule has 0 aromatic heterocycles. The van der Waals surface area contributed by atoms with Crippen molar-refractivity contribution in [3.05, 3.63) is 48.0 Å². The Bertz CT molecular complexity index is 424. The van der Waals surface area contributed by atoms with E-state index in [2.05, 4.69) is 29.6 Å². The molecule has 0 bridgehead atoms. The molecular formula is C14H15NO. The van der Waals surface area contributed by atoms with E-state index in [1.807, 2.05) is 18.2 Å². The molecule has 1 amide bonds. The summed E-state index contributed by atoms with van der Waals surface area (Å²) in [5.41, 5.74) is 1.23. The van der Waals surface area contributed by atoms with E-state index in [4.69, 9.17) is 0 Å². The molecular weight excluding hydrogens is 198 g/mol. The number of carbonyl (C=O) groups excluding carboxylic acids is 1. The van der Waals surface area contributed by atoms with Gasteiger partial charge in [-0.2, -0.15) is 0 Å². The first kappa shape index (κ1) is 9.64. The second-order valence-corrected chi connectivity index (χ2v) is 4.59. The molecule has 1 N–H and O–H groups in total. The number of carbonyl (C=O) groups is 1. The normalized spacial score (nSPS) is 32.2. The predicted octanol–water partition coefficient (Wildman–Crippen LogP) is 2.44. The standard InChI is InChI=1S/C14H15NO/c16-14-12(10-6-4-5-7-10)13(15-14)11-8-2-1-3-9-11/h1-4,6,8-10,12-13H,5,7H2,(H,15,16)/t10?,12-,13+/m1/s1. The van der Waals surface area contributed by atoms with Crippen LogP contribution in [0.3, 0.4) is 0 Å². The highest BCUT2D eigenvalue weighted by molar-refractivity contribution is 5.87. The van der Waals surface area contributed by atoms with Gasteiger partial charge in [-0.15, -0.1) is 0 Å². The maximum absolute atomic E-state index is 11.7. The lowest BCUT2D eigenvalue weighted by Crippen LogP contribution is -2.54. The lowest BCUT2D eigenvalue weighted by molar-refractivity contribution is -0.137. The number of hydrogen-bond acceptors (Lipinski definition) is 1. The number of allylic oxidation sites excluding steroid dienone is 2. The third-order valence-electron chi connectivity index (χ3n) is 3.63. The van der Waals surface area contributed by atoms with Crippen LogP contribution in [0.25, 0.3) is 0 Å². The quantitative estimate of drug-likeness (QED) is 0.593. The summed E-state index contributed by atoms with van der Waals surface area (Å²) in [6, 6.07) is 10.5. The van der Waals surface area contributed by atoms with Gasteiger partial charge in [-0.05, 0) is 24.3 Å². The summed E-state index contributed by atoms with van der Waals surface area (Å²) < 4.78 is 0. The minimum Gasteiger partial charge on any atom is -0.348 e. The van der Waals surface area contributed by atoms with Crippen molar-refractivity contribution in [2.75, 3.05) is 0 Å². The third kappa shape index (κ3) is 1.45. The van der Waals surface area contributed by atoms with Crippen molar-refractivity contribution in [2.45, 2.75) is 18.9 Å². The van der Waals surface area contributed by atoms with Crippen LogP contribution in [0.15, 0.2) is 42.5 Å². The van der Waals surface area contributed by atoms with Crippen molar-refractivity contribution in [1.29, 1.82) is 0 Å². The SMILES string of the molecule is O=C1N[C@@H](c2ccccc2)[C@H]1C1C=CCC1. The molecule has 2 aliphatic rings. The first-order valence-electron chi connectivity index (χ1n) is 5.88. The Kier molecular flexibility index (Phi) is 2.28. The molecule has 2 nitrogen and oxygen atoms in total. The second-order valence-electron chi connectivity index (χ2n) is 4.59. The Morgan fingerprint density at radius 1 is 1.19 bits per heavy atom. The monoisotopic (exact) mass is 213 g/mol. The summed E-state index contributed by atoms with van der Waals surface area (Å²) in [7, 11) is 0. The molecule has 0 radical (unpaired) electrons. The van der Waals surface area contributed by atoms with E-state index in [0.717, 1.165) is 12.8 Å². The third-order valence-corrected chi connectivity index (χ3v) is 3.63. The highest BCUT2D eigenvalue weighted by Gasteiger charge is 2.44. The molecule has 3 atom stereocenters. The highest BCUT2D eigenvalue weighted by Crippen LogP contribution is 2.40. The molecule has 2 heteroatoms. The fourth-order valence-electron chi connectivity index (χ4n) is 2.74. The lowest BCUT2D eigenvalue weighted by atomic mass is 9.76. The zero-order valence-corrected chi connectivity index (χ0v) is 9.10. The average molecular weight is 213 g/mol. The van der Waals surface area contributed by atoms with Crippen LogP contribution in [-0.2, 0) is 4.79 Å². The van der Waals surface area contributed by atoms with Gasteiger partial charge in [0, 0.05) is 0 Å². The Labute approximate surface area is 95.4 Å². The van der Waals surface area contributed by atoms with Crippen molar-refractivity contribution < 1.29 is 4.79 Å². The summed E-state index contributed by atoms with van der Waals surface area (Å²) in [4.78, 5) is 11.7. The maximum atomic E-state index is 11.7. The summed E-state index contributed by atoms with van der Waals surface area (Å²) in [6.45, 7) is 0. The molecule has 1 fully saturated rings. The Morgan fingerprint density at radius 3 is 2.62 bits per heavy atom. The van der Waals surface area contributed by atoms with Gasteiger partial charge in [-0.1, -0.05) is 42.5 Å². The van der Waals surface area contributed by atoms with E-state index in [-0.39, 0.29) is 17.9 Å². The summed E-state index contributed by atoms with van der Waals surface area (Å²) in [5.74, 6) is 0.811. The topological polar surface area (TPSA) is 29.1 Å². The van der Waals surface area contributed by atoms with Gasteiger partial charge in [0.2, 0.25) is 5.91 Å². The van der Waals surface area contributed by atoms with Crippen molar-refractivity contribution in [3.63, 3.8) is 0 Å². The van der Waals surface area contributed by atoms with Gasteiger partial charge in [-0.3, -0.25) is 4.79 Å². The van der Waals surface area contributed by atoms with Crippen LogP contribution >= 0.6 is 0 Å². The lowest BCUT2D eigenvalue weighted by Gasteiger charge is -2.40. The minimum atomic E-state index is 0.154. The second kappa shape index (κ2) is 3.78. The molecule has 1 heterocycles. The Morgan fingerprint density at radius 2 is 2.00 bits per heavy atom. The molecule has 1 aliphatic heterocycles. The van der Waals surface area contributed by atoms with Crippen LogP contribution in [0.1, 0.15) is 24.4 Å². The molecule has 1 aromatic rings. The minimum absolute atomic E-state index is 0.154. The molecule has 0 saturated carbocycles. The number of hydrogen-bond donors (Lipinski definition) is 1. The smallest absolute Gasteiger partial charge is 0.226 e. The zero-order valence-electron chi connectivity index (χ0n) is 9.10. The van der Waals surface area contributed by atoms with E-state index >= 15 is 0 Å². The number of nitrogens with one attached hydrogen (secondary N) is 1. The first-order chi connectivity index (χ1) is 7.86. The van der Waals surface area contributed by atoms with Crippen LogP contribution in [0.5, 0.6) is 0 Å². The fraction of sp³-hybridized carbons (Fsp3) is 0.357. The van der Waals surface area contributed by atoms with Crippen LogP contribution in [0.4, 0.5) is 0 Å². The van der Waals surface area contributed by atoms with Crippen molar-refractivity contribution in [1.82, 2.24) is 5.32 Å². The molecule has 82 valence electrons. The van der Waals surface area contributed by atoms with Crippen LogP contribution in [-0.4, -0.2) is 5.91 Å². The van der Waals surface area contributed by atoms with Gasteiger partial charge in [0.15, 0.2) is 0 Å². The number of benzene rings is 1. The van der Waals surface area contributed by atoms with E-state index in [0.29, 0.717) is 5.92 Å². The van der Waals surface area contributed by atoms with Crippen LogP contribution in [0.2, 0.25) is 0 Å². The molecule has 1 unspecified atom stereocenters. The van der Waals surface area contributed by atoms with Crippen LogP contribution in [0, 0.1) is 11.8 Å². The molecule has 16 heavy (non-hydrogen) atoms. The number of amides is 1. The number of rotatable bonds is 2. The molecule has 1 saturated heterocycles. The molecule has 1 aromatic carbocycles. The van der Waals surface area contributed by atoms with E-state index < -0.39 is 0 Å². The van der Waals surface area contributed by atoms with Gasteiger partial charge < -0.3 is 5.32 Å². The van der Waals surface area contributed by atoms with E-state index in [1.165, 1.54) is 5.56 Å². The predicted molar refractivity (Wildman–Crippen MR) is 62.7 cm³/mol. The van der Waals surface area contributed by atoms with Crippen LogP contribution < -0.4 is 5.32 Å². The summed E-state index contributed by atoms with van der Waals surface area (Å²) in [6.07, 6.45) is 6.65. The first-order valence-corrected chi connectivity index (χ1v) is 5.88. The van der Waals surface area contributed by atoms with E-state index in [9.17, 15) is 4.79 Å². The summed E-state index contributed by atoms with van der Waals surface area (Å²) >= 11 is 0. The highest BCUT2D eigenvalue weighted by atomic mass is 16.2. The fourth-order valence-corrected chi connectivity index (χ4v) is 2.74. The van der Waals surface area contributed by atoms with Crippen molar-refractivity contribution in [2.24, 2.45) is 11.8 Å². The van der Waals surface area contributed by atoms with Gasteiger partial charge in [0.25, 0.3) is 0 Å². The summed E-state index contributed by atoms with van der Waals surface area (Å²) in [5, 5.41) is 3.01. The number of β-lactam (4-membered cyclic amide) rings is 1. The largest absolute Gasteiger partial charge is 0.348 e. The zero-order chi connectivity index (χ0) is 11.0. The Balaban J connectivity index is 1.82. The van der Waals surface area contributed by atoms with Gasteiger partial charge in [0.1, 0.15) is 0 Å². The van der Waals surface area contributed by atoms with Crippen molar-refractivity contribution >= 4 is 5.91 Å². The van der Waals surface area contributed by atoms with Gasteiger partial charge in [-0.25, -0.2) is 0 Å². The van der Waals surface area contributed by atoms with Gasteiger partial charge >= 0.3 is 0 Å². The molecule has 0 spiro atoms. The Hall–Kier alpha value is -1.57. The average Bonchev–Trinajstić information content (AvgIpc) is 2.80. The maximum Gasteiger partial charge on any atom is 0.226 e. The van der Waals surface area contributed by atoms with Crippen molar-refractivity contribution in [3.8, 4) is 0 Å². The molecule has 3 rings (SSSR count). The molecule has 1 aliphatic carbocycles. The van der Waals surface area contributed by atoms with Gasteiger partial charge in [0.05, 0.1) is 12.0 Å². The van der Waals surface area contributed by atoms with E-state index in [1.54, 1.807) is 0 Å².